The number of esters is 1. The average Bonchev–Trinajstić information content (AvgIpc) is 2.35. The molecule has 0 fully saturated rings. The number of benzene rings is 1. The zero-order chi connectivity index (χ0) is 11.4. The van der Waals surface area contributed by atoms with E-state index in [1.807, 2.05) is 36.5 Å². The first-order chi connectivity index (χ1) is 7.79. The van der Waals surface area contributed by atoms with Crippen LogP contribution in [0.4, 0.5) is 0 Å². The molecule has 0 amide bonds. The number of carbonyl (C=O) groups excluding carboxylic acids is 1. The molecule has 2 rings (SSSR count). The summed E-state index contributed by atoms with van der Waals surface area (Å²) in [6.45, 7) is 0.539. The van der Waals surface area contributed by atoms with E-state index in [-0.39, 0.29) is 5.97 Å². The number of rotatable bonds is 3. The van der Waals surface area contributed by atoms with Crippen molar-refractivity contribution in [1.82, 2.24) is 5.10 Å². The highest BCUT2D eigenvalue weighted by atomic mass is 16.5. The van der Waals surface area contributed by atoms with Crippen molar-refractivity contribution in [3.63, 3.8) is 0 Å². The molecule has 82 valence electrons. The molecule has 0 atom stereocenters. The van der Waals surface area contributed by atoms with Crippen LogP contribution in [-0.2, 0) is 16.1 Å². The largest absolute Gasteiger partial charge is 0.469 e. The Hall–Kier alpha value is -1.97. The lowest BCUT2D eigenvalue weighted by Gasteiger charge is -1.96. The molecule has 0 aliphatic carbocycles. The third-order valence-corrected chi connectivity index (χ3v) is 2.37. The highest BCUT2D eigenvalue weighted by molar-refractivity contribution is 5.76. The van der Waals surface area contributed by atoms with E-state index in [4.69, 9.17) is 0 Å². The Labute approximate surface area is 93.5 Å². The number of nitrogens with zero attached hydrogens (tertiary/aromatic N) is 2. The number of hydrogen-bond donors (Lipinski definition) is 0. The number of methoxy groups -OCH3 is 1. The van der Waals surface area contributed by atoms with Crippen LogP contribution in [0.15, 0.2) is 36.5 Å². The molecule has 0 saturated carbocycles. The molecule has 1 aromatic heterocycles. The van der Waals surface area contributed by atoms with Gasteiger partial charge in [0.05, 0.1) is 7.11 Å². The predicted molar refractivity (Wildman–Crippen MR) is 58.6 cm³/mol. The molecule has 0 N–H and O–H groups in total. The maximum atomic E-state index is 11.0. The predicted octanol–water partition coefficient (Wildman–Crippen LogP) is 1.09. The molecule has 0 spiro atoms. The van der Waals surface area contributed by atoms with Crippen LogP contribution < -0.4 is 4.68 Å². The molecular formula is C12H13N2O2+. The molecule has 2 aromatic rings. The van der Waals surface area contributed by atoms with Crippen molar-refractivity contribution in [2.24, 2.45) is 0 Å². The van der Waals surface area contributed by atoms with E-state index in [1.54, 1.807) is 4.68 Å². The SMILES string of the molecule is COC(=O)CC[n+]1ccc2ccccc2n1. The third kappa shape index (κ3) is 2.34. The highest BCUT2D eigenvalue weighted by Crippen LogP contribution is 2.06. The second-order valence-corrected chi connectivity index (χ2v) is 3.46. The van der Waals surface area contributed by atoms with Gasteiger partial charge in [0.2, 0.25) is 0 Å². The van der Waals surface area contributed by atoms with Gasteiger partial charge in [-0.15, -0.1) is 0 Å². The zero-order valence-electron chi connectivity index (χ0n) is 9.09. The zero-order valence-corrected chi connectivity index (χ0v) is 9.09. The van der Waals surface area contributed by atoms with Crippen LogP contribution in [0.2, 0.25) is 0 Å². The lowest BCUT2D eigenvalue weighted by Crippen LogP contribution is -2.38. The van der Waals surface area contributed by atoms with Gasteiger partial charge in [-0.2, -0.15) is 0 Å². The van der Waals surface area contributed by atoms with Gasteiger partial charge in [0.15, 0.2) is 12.7 Å². The normalized spacial score (nSPS) is 10.3. The van der Waals surface area contributed by atoms with Gasteiger partial charge in [-0.05, 0) is 6.07 Å². The van der Waals surface area contributed by atoms with Crippen LogP contribution in [0.1, 0.15) is 6.42 Å². The molecule has 0 saturated heterocycles. The number of aryl methyl sites for hydroxylation is 1. The molecule has 0 bridgehead atoms. The summed E-state index contributed by atoms with van der Waals surface area (Å²) in [4.78, 5) is 11.0. The van der Waals surface area contributed by atoms with Crippen LogP contribution >= 0.6 is 0 Å². The van der Waals surface area contributed by atoms with Gasteiger partial charge in [0.25, 0.3) is 0 Å². The summed E-state index contributed by atoms with van der Waals surface area (Å²) in [6.07, 6.45) is 2.21. The van der Waals surface area contributed by atoms with Crippen LogP contribution in [0.25, 0.3) is 10.9 Å². The summed E-state index contributed by atoms with van der Waals surface area (Å²) in [5.74, 6) is -0.220. The summed E-state index contributed by atoms with van der Waals surface area (Å²) in [6, 6.07) is 9.86. The minimum Gasteiger partial charge on any atom is -0.469 e. The molecule has 0 aliphatic rings. The molecule has 4 nitrogen and oxygen atoms in total. The molecule has 0 unspecified atom stereocenters. The van der Waals surface area contributed by atoms with E-state index in [2.05, 4.69) is 9.84 Å². The van der Waals surface area contributed by atoms with Crippen molar-refractivity contribution in [3.8, 4) is 0 Å². The van der Waals surface area contributed by atoms with Crippen molar-refractivity contribution in [2.45, 2.75) is 13.0 Å². The molecular weight excluding hydrogens is 204 g/mol. The molecule has 0 radical (unpaired) electrons. The number of carbonyl (C=O) groups is 1. The van der Waals surface area contributed by atoms with E-state index < -0.39 is 0 Å². The fourth-order valence-corrected chi connectivity index (χ4v) is 1.49. The van der Waals surface area contributed by atoms with Crippen molar-refractivity contribution in [1.29, 1.82) is 0 Å². The van der Waals surface area contributed by atoms with Gasteiger partial charge in [-0.3, -0.25) is 4.79 Å². The molecule has 16 heavy (non-hydrogen) atoms. The van der Waals surface area contributed by atoms with Crippen molar-refractivity contribution < 1.29 is 14.2 Å². The van der Waals surface area contributed by atoms with E-state index in [0.717, 1.165) is 10.9 Å². The Bertz CT molecular complexity index is 511. The van der Waals surface area contributed by atoms with Gasteiger partial charge in [0, 0.05) is 16.6 Å². The minimum absolute atomic E-state index is 0.220. The summed E-state index contributed by atoms with van der Waals surface area (Å²) >= 11 is 0. The van der Waals surface area contributed by atoms with Crippen molar-refractivity contribution >= 4 is 16.9 Å². The Morgan fingerprint density at radius 3 is 3.00 bits per heavy atom. The maximum Gasteiger partial charge on any atom is 0.312 e. The molecule has 1 aromatic carbocycles. The van der Waals surface area contributed by atoms with E-state index >= 15 is 0 Å². The van der Waals surface area contributed by atoms with Gasteiger partial charge < -0.3 is 4.74 Å². The minimum atomic E-state index is -0.220. The Kier molecular flexibility index (Phi) is 3.10. The molecule has 1 heterocycles. The molecule has 0 aliphatic heterocycles. The van der Waals surface area contributed by atoms with Crippen LogP contribution in [-0.4, -0.2) is 18.2 Å². The summed E-state index contributed by atoms with van der Waals surface area (Å²) < 4.78 is 6.33. The fourth-order valence-electron chi connectivity index (χ4n) is 1.49. The first-order valence-corrected chi connectivity index (χ1v) is 5.12. The van der Waals surface area contributed by atoms with Crippen molar-refractivity contribution in [2.75, 3.05) is 7.11 Å². The summed E-state index contributed by atoms with van der Waals surface area (Å²) in [5.41, 5.74) is 0.926. The monoisotopic (exact) mass is 217 g/mol. The van der Waals surface area contributed by atoms with Gasteiger partial charge >= 0.3 is 5.97 Å². The van der Waals surface area contributed by atoms with Gasteiger partial charge in [-0.25, -0.2) is 0 Å². The topological polar surface area (TPSA) is 43.1 Å². The summed E-state index contributed by atoms with van der Waals surface area (Å²) in [7, 11) is 1.39. The van der Waals surface area contributed by atoms with Gasteiger partial charge in [-0.1, -0.05) is 22.9 Å². The Balaban J connectivity index is 2.16. The number of aromatic nitrogens is 2. The first-order valence-electron chi connectivity index (χ1n) is 5.12. The molecule has 4 heteroatoms. The van der Waals surface area contributed by atoms with Crippen molar-refractivity contribution in [3.05, 3.63) is 36.5 Å². The highest BCUT2D eigenvalue weighted by Gasteiger charge is 2.08. The van der Waals surface area contributed by atoms with E-state index in [9.17, 15) is 4.79 Å². The smallest absolute Gasteiger partial charge is 0.312 e. The fraction of sp³-hybridized carbons (Fsp3) is 0.250. The Morgan fingerprint density at radius 2 is 2.19 bits per heavy atom. The van der Waals surface area contributed by atoms with Crippen LogP contribution in [0.3, 0.4) is 0 Å². The number of ether oxygens (including phenoxy) is 1. The third-order valence-electron chi connectivity index (χ3n) is 2.37. The van der Waals surface area contributed by atoms with Crippen LogP contribution in [0, 0.1) is 0 Å². The lowest BCUT2D eigenvalue weighted by molar-refractivity contribution is -0.750. The quantitative estimate of drug-likeness (QED) is 0.571. The Morgan fingerprint density at radius 1 is 1.38 bits per heavy atom. The first kappa shape index (κ1) is 10.5. The second kappa shape index (κ2) is 4.70. The summed E-state index contributed by atoms with van der Waals surface area (Å²) in [5, 5.41) is 5.48. The standard InChI is InChI=1S/C12H13N2O2/c1-16-12(15)7-9-14-8-6-10-4-2-3-5-11(10)13-14/h2-6,8H,7,9H2,1H3/q+1. The van der Waals surface area contributed by atoms with Gasteiger partial charge in [0.1, 0.15) is 11.9 Å². The lowest BCUT2D eigenvalue weighted by atomic mass is 10.2. The number of fused-ring (bicyclic) bond motifs is 1. The maximum absolute atomic E-state index is 11.0. The van der Waals surface area contributed by atoms with Crippen LogP contribution in [0.5, 0.6) is 0 Å². The van der Waals surface area contributed by atoms with E-state index in [1.165, 1.54) is 7.11 Å². The number of hydrogen-bond acceptors (Lipinski definition) is 3. The van der Waals surface area contributed by atoms with E-state index in [0.29, 0.717) is 13.0 Å². The second-order valence-electron chi connectivity index (χ2n) is 3.46. The average molecular weight is 217 g/mol.